The van der Waals surface area contributed by atoms with Gasteiger partial charge in [-0.2, -0.15) is 0 Å². The molecule has 1 atom stereocenters. The Bertz CT molecular complexity index is 685. The summed E-state index contributed by atoms with van der Waals surface area (Å²) in [5, 5.41) is 0. The van der Waals surface area contributed by atoms with Gasteiger partial charge in [0.25, 0.3) is 0 Å². The van der Waals surface area contributed by atoms with Crippen molar-refractivity contribution in [2.45, 2.75) is 24.4 Å². The van der Waals surface area contributed by atoms with Gasteiger partial charge in [0, 0.05) is 35.1 Å². The van der Waals surface area contributed by atoms with Crippen molar-refractivity contribution in [3.8, 4) is 0 Å². The van der Waals surface area contributed by atoms with Crippen molar-refractivity contribution in [3.05, 3.63) is 41.4 Å². The highest BCUT2D eigenvalue weighted by molar-refractivity contribution is 9.10. The van der Waals surface area contributed by atoms with E-state index in [9.17, 15) is 8.42 Å². The summed E-state index contributed by atoms with van der Waals surface area (Å²) >= 11 is 3.22. The molecule has 0 aliphatic carbocycles. The second-order valence-corrected chi connectivity index (χ2v) is 7.03. The van der Waals surface area contributed by atoms with Crippen molar-refractivity contribution in [1.82, 2.24) is 14.3 Å². The van der Waals surface area contributed by atoms with Crippen molar-refractivity contribution in [2.24, 2.45) is 0 Å². The molecule has 0 aliphatic heterocycles. The van der Waals surface area contributed by atoms with E-state index in [-0.39, 0.29) is 10.9 Å². The average molecular weight is 359 g/mol. The van der Waals surface area contributed by atoms with E-state index >= 15 is 0 Å². The van der Waals surface area contributed by atoms with E-state index in [1.807, 2.05) is 4.57 Å². The molecule has 2 aromatic rings. The monoisotopic (exact) mass is 358 g/mol. The Morgan fingerprint density at radius 2 is 2.25 bits per heavy atom. The Kier molecular flexibility index (Phi) is 4.46. The van der Waals surface area contributed by atoms with Crippen molar-refractivity contribution in [2.75, 3.05) is 5.73 Å². The van der Waals surface area contributed by atoms with Crippen LogP contribution in [-0.4, -0.2) is 24.0 Å². The summed E-state index contributed by atoms with van der Waals surface area (Å²) in [4.78, 5) is 4.09. The first kappa shape index (κ1) is 15.0. The summed E-state index contributed by atoms with van der Waals surface area (Å²) in [5.41, 5.74) is 6.15. The van der Waals surface area contributed by atoms with E-state index in [1.54, 1.807) is 31.7 Å². The lowest BCUT2D eigenvalue weighted by Gasteiger charge is -2.15. The molecule has 108 valence electrons. The van der Waals surface area contributed by atoms with Gasteiger partial charge in [0.15, 0.2) is 0 Å². The molecule has 0 bridgehead atoms. The quantitative estimate of drug-likeness (QED) is 0.794. The highest BCUT2D eigenvalue weighted by Gasteiger charge is 2.18. The molecule has 20 heavy (non-hydrogen) atoms. The van der Waals surface area contributed by atoms with E-state index in [4.69, 9.17) is 5.73 Å². The van der Waals surface area contributed by atoms with Crippen molar-refractivity contribution in [1.29, 1.82) is 0 Å². The van der Waals surface area contributed by atoms with Gasteiger partial charge < -0.3 is 10.3 Å². The van der Waals surface area contributed by atoms with Crippen LogP contribution in [0.25, 0.3) is 0 Å². The number of hydrogen-bond donors (Lipinski definition) is 2. The lowest BCUT2D eigenvalue weighted by Crippen LogP contribution is -2.35. The molecule has 8 heteroatoms. The standard InChI is InChI=1S/C12H15BrN4O2S/c1-9(7-17-5-4-15-8-17)16-20(18,19)10-2-3-12(14)11(13)6-10/h2-6,8-9,16H,7,14H2,1H3. The summed E-state index contributed by atoms with van der Waals surface area (Å²) in [7, 11) is -3.57. The second-order valence-electron chi connectivity index (χ2n) is 4.47. The fourth-order valence-electron chi connectivity index (χ4n) is 1.76. The molecule has 0 radical (unpaired) electrons. The van der Waals surface area contributed by atoms with Crippen LogP contribution < -0.4 is 10.5 Å². The number of nitrogen functional groups attached to an aromatic ring is 1. The van der Waals surface area contributed by atoms with Crippen LogP contribution in [0.3, 0.4) is 0 Å². The van der Waals surface area contributed by atoms with Crippen LogP contribution in [-0.2, 0) is 16.6 Å². The van der Waals surface area contributed by atoms with Crippen LogP contribution in [0.15, 0.2) is 46.3 Å². The molecule has 0 saturated heterocycles. The molecule has 3 N–H and O–H groups in total. The van der Waals surface area contributed by atoms with Gasteiger partial charge in [-0.15, -0.1) is 0 Å². The third-order valence-corrected chi connectivity index (χ3v) is 4.96. The van der Waals surface area contributed by atoms with Gasteiger partial charge in [-0.1, -0.05) is 0 Å². The zero-order chi connectivity index (χ0) is 14.8. The molecule has 1 unspecified atom stereocenters. The second kappa shape index (κ2) is 5.94. The zero-order valence-electron chi connectivity index (χ0n) is 10.8. The normalized spacial score (nSPS) is 13.3. The van der Waals surface area contributed by atoms with Gasteiger partial charge in [0.1, 0.15) is 0 Å². The number of rotatable bonds is 5. The van der Waals surface area contributed by atoms with E-state index < -0.39 is 10.0 Å². The third kappa shape index (κ3) is 3.59. The first-order chi connectivity index (χ1) is 9.38. The Balaban J connectivity index is 2.12. The van der Waals surface area contributed by atoms with Gasteiger partial charge in [-0.25, -0.2) is 18.1 Å². The molecular formula is C12H15BrN4O2S. The molecular weight excluding hydrogens is 344 g/mol. The number of nitrogens with one attached hydrogen (secondary N) is 1. The molecule has 1 aromatic heterocycles. The molecule has 6 nitrogen and oxygen atoms in total. The maximum Gasteiger partial charge on any atom is 0.240 e. The van der Waals surface area contributed by atoms with Crippen molar-refractivity contribution < 1.29 is 8.42 Å². The van der Waals surface area contributed by atoms with Crippen LogP contribution in [0.1, 0.15) is 6.92 Å². The maximum atomic E-state index is 12.2. The minimum absolute atomic E-state index is 0.177. The van der Waals surface area contributed by atoms with Crippen molar-refractivity contribution >= 4 is 31.6 Å². The van der Waals surface area contributed by atoms with Gasteiger partial charge in [0.2, 0.25) is 10.0 Å². The topological polar surface area (TPSA) is 90.0 Å². The number of sulfonamides is 1. The third-order valence-electron chi connectivity index (χ3n) is 2.68. The van der Waals surface area contributed by atoms with E-state index in [0.29, 0.717) is 16.7 Å². The smallest absolute Gasteiger partial charge is 0.240 e. The molecule has 0 aliphatic rings. The van der Waals surface area contributed by atoms with Crippen LogP contribution in [0.5, 0.6) is 0 Å². The predicted octanol–water partition coefficient (Wildman–Crippen LogP) is 1.59. The number of anilines is 1. The maximum absolute atomic E-state index is 12.2. The number of benzene rings is 1. The average Bonchev–Trinajstić information content (AvgIpc) is 2.84. The lowest BCUT2D eigenvalue weighted by molar-refractivity contribution is 0.520. The predicted molar refractivity (Wildman–Crippen MR) is 80.6 cm³/mol. The highest BCUT2D eigenvalue weighted by Crippen LogP contribution is 2.23. The number of halogens is 1. The van der Waals surface area contributed by atoms with Crippen molar-refractivity contribution in [3.63, 3.8) is 0 Å². The molecule has 0 amide bonds. The zero-order valence-corrected chi connectivity index (χ0v) is 13.2. The van der Waals surface area contributed by atoms with Crippen LogP contribution in [0, 0.1) is 0 Å². The minimum atomic E-state index is -3.57. The van der Waals surface area contributed by atoms with Crippen LogP contribution in [0.4, 0.5) is 5.69 Å². The highest BCUT2D eigenvalue weighted by atomic mass is 79.9. The summed E-state index contributed by atoms with van der Waals surface area (Å²) in [5.74, 6) is 0. The SMILES string of the molecule is CC(Cn1ccnc1)NS(=O)(=O)c1ccc(N)c(Br)c1. The first-order valence-corrected chi connectivity index (χ1v) is 8.19. The molecule has 0 saturated carbocycles. The van der Waals surface area contributed by atoms with E-state index in [2.05, 4.69) is 25.6 Å². The Morgan fingerprint density at radius 3 is 2.85 bits per heavy atom. The van der Waals surface area contributed by atoms with Gasteiger partial charge >= 0.3 is 0 Å². The fourth-order valence-corrected chi connectivity index (χ4v) is 3.55. The lowest BCUT2D eigenvalue weighted by atomic mass is 10.3. The molecule has 1 aromatic carbocycles. The molecule has 0 spiro atoms. The summed E-state index contributed by atoms with van der Waals surface area (Å²) in [6.45, 7) is 2.30. The van der Waals surface area contributed by atoms with E-state index in [1.165, 1.54) is 12.1 Å². The Morgan fingerprint density at radius 1 is 1.50 bits per heavy atom. The minimum Gasteiger partial charge on any atom is -0.398 e. The molecule has 0 fully saturated rings. The fraction of sp³-hybridized carbons (Fsp3) is 0.250. The van der Waals surface area contributed by atoms with Crippen LogP contribution >= 0.6 is 15.9 Å². The summed E-state index contributed by atoms with van der Waals surface area (Å²) in [6, 6.07) is 4.26. The number of aromatic nitrogens is 2. The molecule has 2 rings (SSSR count). The largest absolute Gasteiger partial charge is 0.398 e. The Labute approximate surface area is 126 Å². The van der Waals surface area contributed by atoms with Gasteiger partial charge in [-0.3, -0.25) is 0 Å². The van der Waals surface area contributed by atoms with Gasteiger partial charge in [0.05, 0.1) is 11.2 Å². The number of imidazole rings is 1. The summed E-state index contributed by atoms with van der Waals surface area (Å²) in [6.07, 6.45) is 5.08. The van der Waals surface area contributed by atoms with Crippen LogP contribution in [0.2, 0.25) is 0 Å². The summed E-state index contributed by atoms with van der Waals surface area (Å²) < 4.78 is 29.5. The number of nitrogens with zero attached hydrogens (tertiary/aromatic N) is 2. The van der Waals surface area contributed by atoms with E-state index in [0.717, 1.165) is 0 Å². The Hall–Kier alpha value is -1.38. The van der Waals surface area contributed by atoms with Gasteiger partial charge in [-0.05, 0) is 41.1 Å². The molecule has 1 heterocycles. The first-order valence-electron chi connectivity index (χ1n) is 5.91. The number of nitrogens with two attached hydrogens (primary N) is 1. The number of hydrogen-bond acceptors (Lipinski definition) is 4.